The van der Waals surface area contributed by atoms with E-state index < -0.39 is 0 Å². The van der Waals surface area contributed by atoms with Gasteiger partial charge in [0.05, 0.1) is 0 Å². The van der Waals surface area contributed by atoms with Crippen molar-refractivity contribution in [3.05, 3.63) is 0 Å². The maximum absolute atomic E-state index is 9.58. The van der Waals surface area contributed by atoms with Gasteiger partial charge in [-0.05, 0) is 13.4 Å². The molecule has 0 spiro atoms. The first kappa shape index (κ1) is 10.1. The zero-order chi connectivity index (χ0) is 6.99. The van der Waals surface area contributed by atoms with Gasteiger partial charge in [-0.2, -0.15) is 0 Å². The van der Waals surface area contributed by atoms with Gasteiger partial charge in [0.15, 0.2) is 0 Å². The zero-order valence-corrected chi connectivity index (χ0v) is 5.22. The lowest BCUT2D eigenvalue weighted by molar-refractivity contribution is -0.115. The van der Waals surface area contributed by atoms with Crippen LogP contribution in [0.5, 0.6) is 0 Å². The van der Waals surface area contributed by atoms with Crippen molar-refractivity contribution in [1.29, 1.82) is 0 Å². The number of nitrogens with zero attached hydrogens (tertiary/aromatic N) is 2. The topological polar surface area (TPSA) is 41.8 Å². The molecule has 3 nitrogen and oxygen atoms in total. The highest BCUT2D eigenvalue weighted by Crippen LogP contribution is 1.59. The SMILES string of the molecule is C=NC.C=NC(C)=O. The summed E-state index contributed by atoms with van der Waals surface area (Å²) in [6.07, 6.45) is 0. The van der Waals surface area contributed by atoms with Crippen molar-refractivity contribution in [3.8, 4) is 0 Å². The summed E-state index contributed by atoms with van der Waals surface area (Å²) in [6.45, 7) is 7.43. The Bertz CT molecular complexity index is 88.4. The summed E-state index contributed by atoms with van der Waals surface area (Å²) in [4.78, 5) is 15.8. The fourth-order valence-electron chi connectivity index (χ4n) is 0. The molecule has 0 aromatic heterocycles. The third-order valence-corrected chi connectivity index (χ3v) is 0.223. The van der Waals surface area contributed by atoms with Crippen LogP contribution in [0.4, 0.5) is 0 Å². The van der Waals surface area contributed by atoms with E-state index in [1.165, 1.54) is 6.92 Å². The predicted molar refractivity (Wildman–Crippen MR) is 35.7 cm³/mol. The quantitative estimate of drug-likeness (QED) is 0.424. The first-order valence-electron chi connectivity index (χ1n) is 2.01. The molecule has 0 bridgehead atoms. The third-order valence-electron chi connectivity index (χ3n) is 0.223. The van der Waals surface area contributed by atoms with Crippen LogP contribution in [0, 0.1) is 0 Å². The average Bonchev–Trinajstić information content (AvgIpc) is 1.69. The molecule has 0 aliphatic rings. The predicted octanol–water partition coefficient (Wildman–Crippen LogP) is 0.550. The smallest absolute Gasteiger partial charge is 0.241 e. The Balaban J connectivity index is 0. The first-order valence-corrected chi connectivity index (χ1v) is 2.01. The van der Waals surface area contributed by atoms with E-state index in [9.17, 15) is 4.79 Å². The van der Waals surface area contributed by atoms with Gasteiger partial charge in [-0.15, -0.1) is 0 Å². The molecule has 0 aliphatic heterocycles. The lowest BCUT2D eigenvalue weighted by atomic mass is 10.8. The van der Waals surface area contributed by atoms with Crippen LogP contribution in [0.2, 0.25) is 0 Å². The summed E-state index contributed by atoms with van der Waals surface area (Å²) in [7, 11) is 1.64. The maximum atomic E-state index is 9.58. The average molecular weight is 114 g/mol. The van der Waals surface area contributed by atoms with E-state index in [0.717, 1.165) is 0 Å². The highest BCUT2D eigenvalue weighted by Gasteiger charge is 1.70. The van der Waals surface area contributed by atoms with E-state index in [1.54, 1.807) is 7.05 Å². The summed E-state index contributed by atoms with van der Waals surface area (Å²) >= 11 is 0. The van der Waals surface area contributed by atoms with Crippen LogP contribution in [-0.4, -0.2) is 26.4 Å². The van der Waals surface area contributed by atoms with Gasteiger partial charge in [0.2, 0.25) is 5.91 Å². The van der Waals surface area contributed by atoms with E-state index in [0.29, 0.717) is 0 Å². The van der Waals surface area contributed by atoms with Crippen LogP contribution in [-0.2, 0) is 4.79 Å². The molecule has 0 saturated heterocycles. The lowest BCUT2D eigenvalue weighted by Crippen LogP contribution is -1.75. The van der Waals surface area contributed by atoms with E-state index in [-0.39, 0.29) is 5.91 Å². The minimum absolute atomic E-state index is 0.231. The molecule has 1 amide bonds. The van der Waals surface area contributed by atoms with E-state index in [2.05, 4.69) is 23.4 Å². The van der Waals surface area contributed by atoms with Crippen molar-refractivity contribution in [1.82, 2.24) is 0 Å². The largest absolute Gasteiger partial charge is 0.304 e. The number of carbonyl (C=O) groups excluding carboxylic acids is 1. The van der Waals surface area contributed by atoms with Crippen LogP contribution in [0.3, 0.4) is 0 Å². The van der Waals surface area contributed by atoms with E-state index in [1.807, 2.05) is 0 Å². The Morgan fingerprint density at radius 1 is 1.50 bits per heavy atom. The minimum atomic E-state index is -0.231. The summed E-state index contributed by atoms with van der Waals surface area (Å²) in [5.74, 6) is -0.231. The number of hydrogen-bond donors (Lipinski definition) is 0. The van der Waals surface area contributed by atoms with E-state index >= 15 is 0 Å². The standard InChI is InChI=1S/C3H5NO.C2H5N/c1-3(5)4-2;1-3-2/h2H2,1H3;1H2,2H3. The fraction of sp³-hybridized carbons (Fsp3) is 0.400. The van der Waals surface area contributed by atoms with Gasteiger partial charge >= 0.3 is 0 Å². The van der Waals surface area contributed by atoms with E-state index in [4.69, 9.17) is 0 Å². The second kappa shape index (κ2) is 9.38. The molecule has 0 unspecified atom stereocenters. The van der Waals surface area contributed by atoms with Gasteiger partial charge in [0.25, 0.3) is 0 Å². The minimum Gasteiger partial charge on any atom is -0.304 e. The Morgan fingerprint density at radius 2 is 1.62 bits per heavy atom. The molecule has 0 rings (SSSR count). The number of carbonyl (C=O) groups is 1. The molecule has 0 aromatic carbocycles. The molecule has 0 fully saturated rings. The van der Waals surface area contributed by atoms with Gasteiger partial charge in [-0.25, -0.2) is 4.99 Å². The molecule has 0 saturated carbocycles. The summed E-state index contributed by atoms with van der Waals surface area (Å²) in [6, 6.07) is 0. The molecule has 0 atom stereocenters. The summed E-state index contributed by atoms with van der Waals surface area (Å²) < 4.78 is 0. The number of amides is 1. The summed E-state index contributed by atoms with van der Waals surface area (Å²) in [5, 5.41) is 0. The van der Waals surface area contributed by atoms with Crippen molar-refractivity contribution in [2.45, 2.75) is 6.92 Å². The molecule has 0 aliphatic carbocycles. The van der Waals surface area contributed by atoms with Crippen LogP contribution in [0.25, 0.3) is 0 Å². The molecule has 0 heterocycles. The van der Waals surface area contributed by atoms with Crippen LogP contribution in [0.1, 0.15) is 6.92 Å². The molecule has 0 N–H and O–H groups in total. The Labute approximate surface area is 49.2 Å². The second-order valence-electron chi connectivity index (χ2n) is 0.993. The Hall–Kier alpha value is -0.990. The number of aliphatic imine (C=N–C) groups is 2. The Kier molecular flexibility index (Phi) is 11.8. The second-order valence-corrected chi connectivity index (χ2v) is 0.993. The van der Waals surface area contributed by atoms with Crippen molar-refractivity contribution in [2.75, 3.05) is 7.05 Å². The lowest BCUT2D eigenvalue weighted by Gasteiger charge is -1.64. The molecule has 46 valence electrons. The normalized spacial score (nSPS) is 5.75. The highest BCUT2D eigenvalue weighted by atomic mass is 16.1. The monoisotopic (exact) mass is 114 g/mol. The zero-order valence-electron chi connectivity index (χ0n) is 5.22. The van der Waals surface area contributed by atoms with Gasteiger partial charge in [-0.1, -0.05) is 0 Å². The maximum Gasteiger partial charge on any atom is 0.241 e. The first-order chi connectivity index (χ1) is 3.68. The number of hydrogen-bond acceptors (Lipinski definition) is 2. The van der Waals surface area contributed by atoms with Crippen molar-refractivity contribution >= 4 is 19.3 Å². The highest BCUT2D eigenvalue weighted by molar-refractivity contribution is 5.77. The fourth-order valence-corrected chi connectivity index (χ4v) is 0. The van der Waals surface area contributed by atoms with Crippen molar-refractivity contribution < 1.29 is 4.79 Å². The van der Waals surface area contributed by atoms with Crippen LogP contribution < -0.4 is 0 Å². The Morgan fingerprint density at radius 3 is 1.62 bits per heavy atom. The number of rotatable bonds is 0. The molecular formula is C5H10N2O. The molecular weight excluding hydrogens is 104 g/mol. The molecule has 8 heavy (non-hydrogen) atoms. The molecule has 0 radical (unpaired) electrons. The van der Waals surface area contributed by atoms with Gasteiger partial charge in [0.1, 0.15) is 0 Å². The van der Waals surface area contributed by atoms with Gasteiger partial charge in [-0.3, -0.25) is 4.79 Å². The molecule has 3 heteroatoms. The van der Waals surface area contributed by atoms with Crippen molar-refractivity contribution in [2.24, 2.45) is 9.98 Å². The van der Waals surface area contributed by atoms with Crippen LogP contribution in [0.15, 0.2) is 9.98 Å². The molecule has 0 aromatic rings. The third kappa shape index (κ3) is 79.0. The van der Waals surface area contributed by atoms with Crippen LogP contribution >= 0.6 is 0 Å². The van der Waals surface area contributed by atoms with Gasteiger partial charge < -0.3 is 4.99 Å². The summed E-state index contributed by atoms with van der Waals surface area (Å²) in [5.41, 5.74) is 0. The van der Waals surface area contributed by atoms with Gasteiger partial charge in [0, 0.05) is 14.0 Å². The van der Waals surface area contributed by atoms with Crippen molar-refractivity contribution in [3.63, 3.8) is 0 Å².